The van der Waals surface area contributed by atoms with Crippen LogP contribution < -0.4 is 0 Å². The zero-order chi connectivity index (χ0) is 10.3. The molecule has 1 aromatic rings. The molecule has 0 amide bonds. The molecule has 76 valence electrons. The average molecular weight is 231 g/mol. The molecule has 1 aromatic heterocycles. The molecule has 0 saturated heterocycles. The van der Waals surface area contributed by atoms with Crippen LogP contribution in [0.3, 0.4) is 0 Å². The molecule has 2 nitrogen and oxygen atoms in total. The molecule has 0 N–H and O–H groups in total. The summed E-state index contributed by atoms with van der Waals surface area (Å²) in [5.74, 6) is 1.96. The molecule has 14 heavy (non-hydrogen) atoms. The first-order chi connectivity index (χ1) is 6.59. The minimum absolute atomic E-state index is 0.429. The Hall–Kier alpha value is -0.340. The minimum atomic E-state index is 0.429. The van der Waals surface area contributed by atoms with E-state index < -0.39 is 0 Å². The van der Waals surface area contributed by atoms with E-state index in [1.54, 1.807) is 0 Å². The topological polar surface area (TPSA) is 25.8 Å². The summed E-state index contributed by atoms with van der Waals surface area (Å²) in [5, 5.41) is 8.45. The van der Waals surface area contributed by atoms with Gasteiger partial charge in [0.15, 0.2) is 10.3 Å². The first-order valence-corrected chi connectivity index (χ1v) is 5.53. The first-order valence-electron chi connectivity index (χ1n) is 4.78. The summed E-state index contributed by atoms with van der Waals surface area (Å²) < 4.78 is 0. The lowest BCUT2D eigenvalue weighted by Crippen LogP contribution is -1.95. The molecule has 4 heteroatoms. The van der Waals surface area contributed by atoms with Crippen molar-refractivity contribution in [3.63, 3.8) is 0 Å². The van der Waals surface area contributed by atoms with Gasteiger partial charge in [0, 0.05) is 0 Å². The SMILES string of the molecule is CC(C)[C@H]1C[C@@H]1c1cc(Cl)nnc1Cl. The van der Waals surface area contributed by atoms with Gasteiger partial charge >= 0.3 is 0 Å². The lowest BCUT2D eigenvalue weighted by molar-refractivity contribution is 0.548. The van der Waals surface area contributed by atoms with Crippen molar-refractivity contribution in [2.24, 2.45) is 11.8 Å². The zero-order valence-corrected chi connectivity index (χ0v) is 9.68. The molecule has 2 atom stereocenters. The van der Waals surface area contributed by atoms with Gasteiger partial charge in [-0.3, -0.25) is 0 Å². The molecule has 1 aliphatic carbocycles. The standard InChI is InChI=1S/C10H12Cl2N2/c1-5(2)6-3-7(6)8-4-9(11)13-14-10(8)12/h4-7H,3H2,1-2H3/t6-,7+/m1/s1. The van der Waals surface area contributed by atoms with Crippen LogP contribution in [0.5, 0.6) is 0 Å². The van der Waals surface area contributed by atoms with Crippen molar-refractivity contribution < 1.29 is 0 Å². The fourth-order valence-corrected chi connectivity index (χ4v) is 2.32. The van der Waals surface area contributed by atoms with Crippen LogP contribution in [0, 0.1) is 11.8 Å². The van der Waals surface area contributed by atoms with Crippen LogP contribution >= 0.6 is 23.2 Å². The number of halogens is 2. The van der Waals surface area contributed by atoms with Crippen LogP contribution in [0.4, 0.5) is 0 Å². The molecule has 1 saturated carbocycles. The summed E-state index contributed by atoms with van der Waals surface area (Å²) in [7, 11) is 0. The maximum absolute atomic E-state index is 5.97. The van der Waals surface area contributed by atoms with Crippen molar-refractivity contribution in [2.45, 2.75) is 26.2 Å². The van der Waals surface area contributed by atoms with E-state index in [1.165, 1.54) is 6.42 Å². The third-order valence-corrected chi connectivity index (χ3v) is 3.32. The van der Waals surface area contributed by atoms with Gasteiger partial charge in [-0.05, 0) is 35.8 Å². The van der Waals surface area contributed by atoms with E-state index in [9.17, 15) is 0 Å². The number of hydrogen-bond acceptors (Lipinski definition) is 2. The van der Waals surface area contributed by atoms with Crippen LogP contribution in [0.25, 0.3) is 0 Å². The molecule has 2 rings (SSSR count). The van der Waals surface area contributed by atoms with E-state index in [2.05, 4.69) is 24.0 Å². The van der Waals surface area contributed by atoms with Gasteiger partial charge in [0.25, 0.3) is 0 Å². The lowest BCUT2D eigenvalue weighted by atomic mass is 10.0. The summed E-state index contributed by atoms with van der Waals surface area (Å²) in [4.78, 5) is 0. The smallest absolute Gasteiger partial charge is 0.137 e. The lowest BCUT2D eigenvalue weighted by Gasteiger charge is -2.04. The fourth-order valence-electron chi connectivity index (χ4n) is 1.94. The molecule has 1 fully saturated rings. The second-order valence-corrected chi connectivity index (χ2v) is 4.91. The molecule has 0 spiro atoms. The predicted octanol–water partition coefficient (Wildman–Crippen LogP) is 3.54. The van der Waals surface area contributed by atoms with E-state index in [-0.39, 0.29) is 0 Å². The van der Waals surface area contributed by atoms with Crippen molar-refractivity contribution in [3.05, 3.63) is 21.9 Å². The van der Waals surface area contributed by atoms with Crippen LogP contribution in [0.2, 0.25) is 10.3 Å². The van der Waals surface area contributed by atoms with Crippen LogP contribution in [0.1, 0.15) is 31.7 Å². The quantitative estimate of drug-likeness (QED) is 0.777. The van der Waals surface area contributed by atoms with Crippen LogP contribution in [-0.2, 0) is 0 Å². The second-order valence-electron chi connectivity index (χ2n) is 4.16. The Kier molecular flexibility index (Phi) is 2.67. The first kappa shape index (κ1) is 10.2. The number of aromatic nitrogens is 2. The second kappa shape index (κ2) is 3.67. The van der Waals surface area contributed by atoms with Crippen molar-refractivity contribution in [1.82, 2.24) is 10.2 Å². The van der Waals surface area contributed by atoms with Gasteiger partial charge in [0.2, 0.25) is 0 Å². The summed E-state index contributed by atoms with van der Waals surface area (Å²) >= 11 is 11.8. The Morgan fingerprint density at radius 3 is 2.64 bits per heavy atom. The highest BCUT2D eigenvalue weighted by Crippen LogP contribution is 2.53. The monoisotopic (exact) mass is 230 g/mol. The Balaban J connectivity index is 2.22. The van der Waals surface area contributed by atoms with Crippen molar-refractivity contribution in [2.75, 3.05) is 0 Å². The van der Waals surface area contributed by atoms with Crippen molar-refractivity contribution in [1.29, 1.82) is 0 Å². The Morgan fingerprint density at radius 1 is 1.36 bits per heavy atom. The zero-order valence-electron chi connectivity index (χ0n) is 8.17. The third kappa shape index (κ3) is 1.86. The molecule has 0 aromatic carbocycles. The van der Waals surface area contributed by atoms with E-state index in [4.69, 9.17) is 23.2 Å². The Labute approximate surface area is 93.6 Å². The van der Waals surface area contributed by atoms with Gasteiger partial charge in [0.05, 0.1) is 0 Å². The van der Waals surface area contributed by atoms with E-state index in [0.29, 0.717) is 22.1 Å². The van der Waals surface area contributed by atoms with Crippen molar-refractivity contribution in [3.8, 4) is 0 Å². The molecular weight excluding hydrogens is 219 g/mol. The van der Waals surface area contributed by atoms with E-state index in [0.717, 1.165) is 11.5 Å². The molecule has 0 unspecified atom stereocenters. The van der Waals surface area contributed by atoms with E-state index >= 15 is 0 Å². The molecule has 0 radical (unpaired) electrons. The highest BCUT2D eigenvalue weighted by Gasteiger charge is 2.41. The van der Waals surface area contributed by atoms with Gasteiger partial charge in [-0.15, -0.1) is 10.2 Å². The Morgan fingerprint density at radius 2 is 2.07 bits per heavy atom. The molecule has 0 bridgehead atoms. The van der Waals surface area contributed by atoms with Gasteiger partial charge in [0.1, 0.15) is 0 Å². The largest absolute Gasteiger partial charge is 0.155 e. The normalized spacial score (nSPS) is 25.5. The average Bonchev–Trinajstić information content (AvgIpc) is 2.88. The van der Waals surface area contributed by atoms with Gasteiger partial charge in [-0.25, -0.2) is 0 Å². The predicted molar refractivity (Wildman–Crippen MR) is 57.7 cm³/mol. The molecule has 0 aliphatic heterocycles. The molecule has 1 aliphatic rings. The van der Waals surface area contributed by atoms with Gasteiger partial charge in [-0.2, -0.15) is 0 Å². The Bertz CT molecular complexity index is 352. The molecule has 1 heterocycles. The van der Waals surface area contributed by atoms with Crippen LogP contribution in [0.15, 0.2) is 6.07 Å². The highest BCUT2D eigenvalue weighted by molar-refractivity contribution is 6.31. The molecular formula is C10H12Cl2N2. The third-order valence-electron chi connectivity index (χ3n) is 2.84. The number of rotatable bonds is 2. The fraction of sp³-hybridized carbons (Fsp3) is 0.600. The highest BCUT2D eigenvalue weighted by atomic mass is 35.5. The van der Waals surface area contributed by atoms with E-state index in [1.807, 2.05) is 6.07 Å². The van der Waals surface area contributed by atoms with Crippen LogP contribution in [-0.4, -0.2) is 10.2 Å². The van der Waals surface area contributed by atoms with Crippen molar-refractivity contribution >= 4 is 23.2 Å². The summed E-state index contributed by atoms with van der Waals surface area (Å²) in [6.45, 7) is 4.46. The minimum Gasteiger partial charge on any atom is -0.137 e. The maximum atomic E-state index is 5.97. The maximum Gasteiger partial charge on any atom is 0.155 e. The van der Waals surface area contributed by atoms with Gasteiger partial charge < -0.3 is 0 Å². The number of nitrogens with zero attached hydrogens (tertiary/aromatic N) is 2. The summed E-state index contributed by atoms with van der Waals surface area (Å²) in [6.07, 6.45) is 1.19. The van der Waals surface area contributed by atoms with Gasteiger partial charge in [-0.1, -0.05) is 37.0 Å². The summed E-state index contributed by atoms with van der Waals surface area (Å²) in [5.41, 5.74) is 1.06. The number of hydrogen-bond donors (Lipinski definition) is 0. The summed E-state index contributed by atoms with van der Waals surface area (Å²) in [6, 6.07) is 1.84.